The van der Waals surface area contributed by atoms with Crippen LogP contribution in [-0.4, -0.2) is 24.8 Å². The summed E-state index contributed by atoms with van der Waals surface area (Å²) in [5.41, 5.74) is 0.324. The Hall–Kier alpha value is 0.0249. The summed E-state index contributed by atoms with van der Waals surface area (Å²) in [5, 5.41) is 0. The summed E-state index contributed by atoms with van der Waals surface area (Å²) in [7, 11) is 3.36. The fourth-order valence-corrected chi connectivity index (χ4v) is 0.822. The van der Waals surface area contributed by atoms with Crippen LogP contribution in [0, 0.1) is 0 Å². The van der Waals surface area contributed by atoms with Gasteiger partial charge in [0, 0.05) is 5.54 Å². The molecule has 0 spiro atoms. The normalized spacial score (nSPS) is 12.8. The minimum atomic E-state index is 0.324. The molecule has 2 heteroatoms. The highest BCUT2D eigenvalue weighted by Crippen LogP contribution is 2.12. The van der Waals surface area contributed by atoms with Crippen LogP contribution in [0.2, 0.25) is 5.82 Å². The second-order valence-electron chi connectivity index (χ2n) is 4.45. The maximum Gasteiger partial charge on any atom is 0.207 e. The molecular formula is C8H20BN. The minimum Gasteiger partial charge on any atom is -0.343 e. The van der Waals surface area contributed by atoms with Crippen LogP contribution in [0.15, 0.2) is 0 Å². The first-order valence-corrected chi connectivity index (χ1v) is 4.05. The Morgan fingerprint density at radius 2 is 1.60 bits per heavy atom. The van der Waals surface area contributed by atoms with E-state index in [1.165, 1.54) is 7.41 Å². The molecular weight excluding hydrogens is 121 g/mol. The fourth-order valence-electron chi connectivity index (χ4n) is 0.822. The van der Waals surface area contributed by atoms with Gasteiger partial charge in [0.15, 0.2) is 0 Å². The van der Waals surface area contributed by atoms with Crippen molar-refractivity contribution >= 4 is 7.41 Å². The summed E-state index contributed by atoms with van der Waals surface area (Å²) >= 11 is 0. The Morgan fingerprint density at radius 1 is 1.20 bits per heavy atom. The molecule has 0 unspecified atom stereocenters. The second kappa shape index (κ2) is 3.43. The van der Waals surface area contributed by atoms with Crippen LogP contribution in [0.3, 0.4) is 0 Å². The maximum absolute atomic E-state index is 2.39. The van der Waals surface area contributed by atoms with Gasteiger partial charge in [-0.2, -0.15) is 0 Å². The van der Waals surface area contributed by atoms with Crippen LogP contribution in [0.25, 0.3) is 0 Å². The maximum atomic E-state index is 2.39. The molecule has 0 saturated carbocycles. The van der Waals surface area contributed by atoms with E-state index in [9.17, 15) is 0 Å². The zero-order chi connectivity index (χ0) is 8.36. The molecule has 0 aliphatic heterocycles. The summed E-state index contributed by atoms with van der Waals surface area (Å²) < 4.78 is 0. The Labute approximate surface area is 66.1 Å². The van der Waals surface area contributed by atoms with Crippen molar-refractivity contribution in [3.05, 3.63) is 0 Å². The summed E-state index contributed by atoms with van der Waals surface area (Å²) in [4.78, 5) is 2.39. The third kappa shape index (κ3) is 3.94. The van der Waals surface area contributed by atoms with Crippen LogP contribution in [-0.2, 0) is 0 Å². The lowest BCUT2D eigenvalue weighted by molar-refractivity contribution is 0.296. The van der Waals surface area contributed by atoms with Gasteiger partial charge in [-0.3, -0.25) is 0 Å². The van der Waals surface area contributed by atoms with Gasteiger partial charge < -0.3 is 4.81 Å². The lowest BCUT2D eigenvalue weighted by atomic mass is 9.74. The van der Waals surface area contributed by atoms with Crippen molar-refractivity contribution in [2.24, 2.45) is 0 Å². The van der Waals surface area contributed by atoms with E-state index in [0.29, 0.717) is 5.54 Å². The van der Waals surface area contributed by atoms with Crippen LogP contribution < -0.4 is 0 Å². The Bertz CT molecular complexity index is 93.9. The zero-order valence-electron chi connectivity index (χ0n) is 8.23. The van der Waals surface area contributed by atoms with Crippen molar-refractivity contribution in [2.75, 3.05) is 7.05 Å². The molecule has 10 heavy (non-hydrogen) atoms. The van der Waals surface area contributed by atoms with Crippen molar-refractivity contribution < 1.29 is 0 Å². The van der Waals surface area contributed by atoms with Crippen LogP contribution in [0.4, 0.5) is 0 Å². The van der Waals surface area contributed by atoms with Crippen molar-refractivity contribution in [1.82, 2.24) is 4.81 Å². The predicted octanol–water partition coefficient (Wildman–Crippen LogP) is 1.90. The van der Waals surface area contributed by atoms with Crippen molar-refractivity contribution in [3.63, 3.8) is 0 Å². The number of rotatable bonds is 2. The molecule has 0 aromatic heterocycles. The first kappa shape index (κ1) is 10.0. The Morgan fingerprint density at radius 3 is 1.70 bits per heavy atom. The molecule has 0 saturated heterocycles. The standard InChI is InChI=1S/C8H20BN/c1-7(2)9-10(6)8(3,4)5/h7,9H,1-6H3. The molecule has 0 amide bonds. The van der Waals surface area contributed by atoms with E-state index in [2.05, 4.69) is 46.5 Å². The van der Waals surface area contributed by atoms with Gasteiger partial charge in [-0.25, -0.2) is 0 Å². The molecule has 1 nitrogen and oxygen atoms in total. The lowest BCUT2D eigenvalue weighted by Crippen LogP contribution is -2.41. The summed E-state index contributed by atoms with van der Waals surface area (Å²) in [6.07, 6.45) is 0. The van der Waals surface area contributed by atoms with E-state index in [1.807, 2.05) is 0 Å². The molecule has 0 N–H and O–H groups in total. The van der Waals surface area contributed by atoms with Gasteiger partial charge in [-0.1, -0.05) is 19.7 Å². The quantitative estimate of drug-likeness (QED) is 0.531. The van der Waals surface area contributed by atoms with Crippen LogP contribution in [0.1, 0.15) is 34.6 Å². The number of hydrogen-bond donors (Lipinski definition) is 0. The summed E-state index contributed by atoms with van der Waals surface area (Å²) in [6, 6.07) is 0. The minimum absolute atomic E-state index is 0.324. The summed E-state index contributed by atoms with van der Waals surface area (Å²) in [5.74, 6) is 0.768. The highest BCUT2D eigenvalue weighted by Gasteiger charge is 2.17. The molecule has 0 atom stereocenters. The molecule has 0 aromatic carbocycles. The largest absolute Gasteiger partial charge is 0.343 e. The molecule has 0 heterocycles. The third-order valence-electron chi connectivity index (χ3n) is 1.78. The molecule has 0 radical (unpaired) electrons. The van der Waals surface area contributed by atoms with E-state index in [1.54, 1.807) is 0 Å². The Kier molecular flexibility index (Phi) is 3.43. The molecule has 0 fully saturated rings. The zero-order valence-corrected chi connectivity index (χ0v) is 8.23. The molecule has 0 aliphatic rings. The van der Waals surface area contributed by atoms with Gasteiger partial charge in [0.25, 0.3) is 0 Å². The molecule has 0 rings (SSSR count). The third-order valence-corrected chi connectivity index (χ3v) is 1.78. The van der Waals surface area contributed by atoms with Gasteiger partial charge in [-0.05, 0) is 27.8 Å². The number of hydrogen-bond acceptors (Lipinski definition) is 1. The first-order chi connectivity index (χ1) is 4.34. The lowest BCUT2D eigenvalue weighted by Gasteiger charge is -2.32. The van der Waals surface area contributed by atoms with Crippen LogP contribution >= 0.6 is 0 Å². The van der Waals surface area contributed by atoms with Gasteiger partial charge in [0.1, 0.15) is 0 Å². The van der Waals surface area contributed by atoms with Gasteiger partial charge in [0.2, 0.25) is 7.41 Å². The van der Waals surface area contributed by atoms with Crippen molar-refractivity contribution in [1.29, 1.82) is 0 Å². The average Bonchev–Trinajstić information content (AvgIpc) is 1.60. The van der Waals surface area contributed by atoms with E-state index in [0.717, 1.165) is 5.82 Å². The average molecular weight is 141 g/mol. The highest BCUT2D eigenvalue weighted by molar-refractivity contribution is 6.33. The van der Waals surface area contributed by atoms with Gasteiger partial charge >= 0.3 is 0 Å². The first-order valence-electron chi connectivity index (χ1n) is 4.05. The van der Waals surface area contributed by atoms with E-state index >= 15 is 0 Å². The van der Waals surface area contributed by atoms with Gasteiger partial charge in [0.05, 0.1) is 0 Å². The van der Waals surface area contributed by atoms with Crippen LogP contribution in [0.5, 0.6) is 0 Å². The second-order valence-corrected chi connectivity index (χ2v) is 4.45. The van der Waals surface area contributed by atoms with Crippen molar-refractivity contribution in [3.8, 4) is 0 Å². The highest BCUT2D eigenvalue weighted by atomic mass is 15.1. The van der Waals surface area contributed by atoms with E-state index in [-0.39, 0.29) is 0 Å². The predicted molar refractivity (Wildman–Crippen MR) is 49.8 cm³/mol. The molecule has 60 valence electrons. The monoisotopic (exact) mass is 141 g/mol. The summed E-state index contributed by atoms with van der Waals surface area (Å²) in [6.45, 7) is 11.2. The Balaban J connectivity index is 3.73. The SMILES string of the molecule is CC(C)BN(C)C(C)(C)C. The van der Waals surface area contributed by atoms with E-state index in [4.69, 9.17) is 0 Å². The fraction of sp³-hybridized carbons (Fsp3) is 1.00. The molecule has 0 aliphatic carbocycles. The van der Waals surface area contributed by atoms with Gasteiger partial charge in [-0.15, -0.1) is 0 Å². The number of nitrogens with zero attached hydrogens (tertiary/aromatic N) is 1. The smallest absolute Gasteiger partial charge is 0.207 e. The van der Waals surface area contributed by atoms with Crippen molar-refractivity contribution in [2.45, 2.75) is 46.0 Å². The topological polar surface area (TPSA) is 3.24 Å². The molecule has 0 bridgehead atoms. The van der Waals surface area contributed by atoms with E-state index < -0.39 is 0 Å². The molecule has 0 aromatic rings.